The van der Waals surface area contributed by atoms with E-state index >= 15 is 0 Å². The fourth-order valence-corrected chi connectivity index (χ4v) is 2.01. The molecule has 18 heavy (non-hydrogen) atoms. The van der Waals surface area contributed by atoms with Gasteiger partial charge in [0.05, 0.1) is 17.3 Å². The van der Waals surface area contributed by atoms with Gasteiger partial charge in [-0.15, -0.1) is 0 Å². The van der Waals surface area contributed by atoms with E-state index in [4.69, 9.17) is 0 Å². The van der Waals surface area contributed by atoms with Crippen LogP contribution in [-0.2, 0) is 0 Å². The SMILES string of the molecule is CNc1cnc([N+](=O)[O-])cc1C(=O)N1CCCC1. The largest absolute Gasteiger partial charge is 0.384 e. The van der Waals surface area contributed by atoms with Gasteiger partial charge in [0, 0.05) is 20.1 Å². The van der Waals surface area contributed by atoms with Crippen LogP contribution < -0.4 is 5.32 Å². The quantitative estimate of drug-likeness (QED) is 0.644. The molecule has 0 radical (unpaired) electrons. The minimum Gasteiger partial charge on any atom is -0.384 e. The normalized spacial score (nSPS) is 14.6. The summed E-state index contributed by atoms with van der Waals surface area (Å²) in [5, 5.41) is 13.5. The molecule has 96 valence electrons. The molecule has 0 atom stereocenters. The van der Waals surface area contributed by atoms with Gasteiger partial charge in [0.2, 0.25) is 0 Å². The van der Waals surface area contributed by atoms with E-state index < -0.39 is 4.92 Å². The Bertz CT molecular complexity index is 483. The second-order valence-corrected chi connectivity index (χ2v) is 4.09. The minimum atomic E-state index is -0.597. The number of nitrogens with one attached hydrogen (secondary N) is 1. The molecule has 1 aromatic heterocycles. The number of pyridine rings is 1. The molecule has 1 aliphatic rings. The Kier molecular flexibility index (Phi) is 3.40. The predicted octanol–water partition coefficient (Wildman–Crippen LogP) is 1.27. The number of carbonyl (C=O) groups is 1. The molecular formula is C11H14N4O3. The molecular weight excluding hydrogens is 236 g/mol. The van der Waals surface area contributed by atoms with Gasteiger partial charge in [-0.3, -0.25) is 4.79 Å². The number of anilines is 1. The molecule has 1 amide bonds. The molecule has 7 heteroatoms. The third-order valence-electron chi connectivity index (χ3n) is 2.97. The molecule has 1 aliphatic heterocycles. The molecule has 1 saturated heterocycles. The van der Waals surface area contributed by atoms with Gasteiger partial charge in [-0.05, 0) is 22.7 Å². The zero-order chi connectivity index (χ0) is 13.1. The van der Waals surface area contributed by atoms with E-state index in [-0.39, 0.29) is 11.7 Å². The molecule has 0 unspecified atom stereocenters. The lowest BCUT2D eigenvalue weighted by molar-refractivity contribution is -0.389. The summed E-state index contributed by atoms with van der Waals surface area (Å²) in [5.41, 5.74) is 0.818. The van der Waals surface area contributed by atoms with E-state index in [9.17, 15) is 14.9 Å². The Balaban J connectivity index is 2.36. The second kappa shape index (κ2) is 4.99. The molecule has 0 spiro atoms. The number of likely N-dealkylation sites (tertiary alicyclic amines) is 1. The van der Waals surface area contributed by atoms with Gasteiger partial charge in [0.15, 0.2) is 6.20 Å². The number of rotatable bonds is 3. The van der Waals surface area contributed by atoms with Crippen molar-refractivity contribution in [2.24, 2.45) is 0 Å². The van der Waals surface area contributed by atoms with E-state index in [1.54, 1.807) is 11.9 Å². The average molecular weight is 250 g/mol. The van der Waals surface area contributed by atoms with Crippen LogP contribution in [-0.4, -0.2) is 40.9 Å². The Morgan fingerprint density at radius 3 is 2.72 bits per heavy atom. The molecule has 1 N–H and O–H groups in total. The van der Waals surface area contributed by atoms with Crippen LogP contribution in [0.25, 0.3) is 0 Å². The molecule has 7 nitrogen and oxygen atoms in total. The Morgan fingerprint density at radius 1 is 1.50 bits per heavy atom. The zero-order valence-electron chi connectivity index (χ0n) is 10.0. The lowest BCUT2D eigenvalue weighted by Gasteiger charge is -2.16. The Hall–Kier alpha value is -2.18. The van der Waals surface area contributed by atoms with Gasteiger partial charge in [0.25, 0.3) is 5.91 Å². The summed E-state index contributed by atoms with van der Waals surface area (Å²) in [7, 11) is 1.66. The summed E-state index contributed by atoms with van der Waals surface area (Å²) >= 11 is 0. The monoisotopic (exact) mass is 250 g/mol. The van der Waals surface area contributed by atoms with Crippen LogP contribution in [0.5, 0.6) is 0 Å². The molecule has 2 rings (SSSR count). The third kappa shape index (κ3) is 2.24. The van der Waals surface area contributed by atoms with Gasteiger partial charge >= 0.3 is 5.82 Å². The van der Waals surface area contributed by atoms with E-state index in [0.29, 0.717) is 24.3 Å². The van der Waals surface area contributed by atoms with E-state index in [2.05, 4.69) is 10.3 Å². The summed E-state index contributed by atoms with van der Waals surface area (Å²) in [4.78, 5) is 27.7. The fraction of sp³-hybridized carbons (Fsp3) is 0.455. The van der Waals surface area contributed by atoms with Crippen molar-refractivity contribution in [2.45, 2.75) is 12.8 Å². The molecule has 1 fully saturated rings. The first kappa shape index (κ1) is 12.3. The maximum atomic E-state index is 12.2. The highest BCUT2D eigenvalue weighted by molar-refractivity contribution is 6.00. The summed E-state index contributed by atoms with van der Waals surface area (Å²) in [5.74, 6) is -0.487. The highest BCUT2D eigenvalue weighted by Crippen LogP contribution is 2.22. The van der Waals surface area contributed by atoms with E-state index in [0.717, 1.165) is 12.8 Å². The van der Waals surface area contributed by atoms with Gasteiger partial charge in [0.1, 0.15) is 0 Å². The predicted molar refractivity (Wildman–Crippen MR) is 65.6 cm³/mol. The number of nitrogens with zero attached hydrogens (tertiary/aromatic N) is 3. The average Bonchev–Trinajstić information content (AvgIpc) is 2.90. The van der Waals surface area contributed by atoms with E-state index in [1.165, 1.54) is 12.3 Å². The van der Waals surface area contributed by atoms with Crippen LogP contribution in [0.1, 0.15) is 23.2 Å². The lowest BCUT2D eigenvalue weighted by Crippen LogP contribution is -2.28. The number of amides is 1. The molecule has 0 saturated carbocycles. The van der Waals surface area contributed by atoms with Crippen molar-refractivity contribution in [1.82, 2.24) is 9.88 Å². The van der Waals surface area contributed by atoms with Crippen LogP contribution in [0, 0.1) is 10.1 Å². The van der Waals surface area contributed by atoms with Crippen molar-refractivity contribution in [3.63, 3.8) is 0 Å². The summed E-state index contributed by atoms with van der Waals surface area (Å²) in [6.07, 6.45) is 3.28. The lowest BCUT2D eigenvalue weighted by atomic mass is 10.2. The fourth-order valence-electron chi connectivity index (χ4n) is 2.01. The maximum absolute atomic E-state index is 12.2. The smallest absolute Gasteiger partial charge is 0.364 e. The summed E-state index contributed by atoms with van der Waals surface area (Å²) in [6.45, 7) is 1.41. The first-order chi connectivity index (χ1) is 8.63. The minimum absolute atomic E-state index is 0.178. The number of hydrogen-bond donors (Lipinski definition) is 1. The molecule has 0 aromatic carbocycles. The number of aromatic nitrogens is 1. The highest BCUT2D eigenvalue weighted by Gasteiger charge is 2.24. The summed E-state index contributed by atoms with van der Waals surface area (Å²) < 4.78 is 0. The van der Waals surface area contributed by atoms with Crippen LogP contribution in [0.2, 0.25) is 0 Å². The van der Waals surface area contributed by atoms with Gasteiger partial charge < -0.3 is 20.3 Å². The Labute approximate surface area is 104 Å². The van der Waals surface area contributed by atoms with Crippen molar-refractivity contribution in [1.29, 1.82) is 0 Å². The van der Waals surface area contributed by atoms with Gasteiger partial charge in [-0.1, -0.05) is 0 Å². The van der Waals surface area contributed by atoms with Crippen molar-refractivity contribution in [3.05, 3.63) is 27.9 Å². The second-order valence-electron chi connectivity index (χ2n) is 4.09. The standard InChI is InChI=1S/C11H14N4O3/c1-12-9-7-13-10(15(17)18)6-8(9)11(16)14-4-2-3-5-14/h6-7,12H,2-5H2,1H3. The Morgan fingerprint density at radius 2 is 2.17 bits per heavy atom. The van der Waals surface area contributed by atoms with Crippen LogP contribution in [0.4, 0.5) is 11.5 Å². The number of nitro groups is 1. The maximum Gasteiger partial charge on any atom is 0.364 e. The number of carbonyl (C=O) groups excluding carboxylic acids is 1. The van der Waals surface area contributed by atoms with Gasteiger partial charge in [-0.25, -0.2) is 0 Å². The van der Waals surface area contributed by atoms with E-state index in [1.807, 2.05) is 0 Å². The van der Waals surface area contributed by atoms with Crippen LogP contribution in [0.3, 0.4) is 0 Å². The molecule has 1 aromatic rings. The molecule has 0 bridgehead atoms. The van der Waals surface area contributed by atoms with Crippen molar-refractivity contribution in [3.8, 4) is 0 Å². The first-order valence-corrected chi connectivity index (χ1v) is 5.75. The van der Waals surface area contributed by atoms with Crippen LogP contribution in [0.15, 0.2) is 12.3 Å². The summed E-state index contributed by atoms with van der Waals surface area (Å²) in [6, 6.07) is 1.23. The highest BCUT2D eigenvalue weighted by atomic mass is 16.6. The van der Waals surface area contributed by atoms with Crippen molar-refractivity contribution in [2.75, 3.05) is 25.5 Å². The molecule has 2 heterocycles. The van der Waals surface area contributed by atoms with Crippen LogP contribution >= 0.6 is 0 Å². The van der Waals surface area contributed by atoms with Crippen molar-refractivity contribution < 1.29 is 9.72 Å². The van der Waals surface area contributed by atoms with Gasteiger partial charge in [-0.2, -0.15) is 0 Å². The third-order valence-corrected chi connectivity index (χ3v) is 2.97. The topological polar surface area (TPSA) is 88.4 Å². The molecule has 0 aliphatic carbocycles. The number of hydrogen-bond acceptors (Lipinski definition) is 5. The zero-order valence-corrected chi connectivity index (χ0v) is 10.0. The first-order valence-electron chi connectivity index (χ1n) is 5.75. The van der Waals surface area contributed by atoms with Crippen molar-refractivity contribution >= 4 is 17.4 Å².